The quantitative estimate of drug-likeness (QED) is 0.345. The number of terminal acetylenes is 1. The molecular formula is C16H20ClN5O5. The van der Waals surface area contributed by atoms with Crippen molar-refractivity contribution >= 4 is 28.6 Å². The molecule has 5 atom stereocenters. The van der Waals surface area contributed by atoms with E-state index in [1.807, 2.05) is 0 Å². The zero-order chi connectivity index (χ0) is 19.8. The van der Waals surface area contributed by atoms with Gasteiger partial charge in [-0.2, -0.15) is 0 Å². The molecule has 3 heterocycles. The number of nitrogens with two attached hydrogens (primary N) is 1. The molecule has 1 saturated heterocycles. The number of hydrogen-bond donors (Lipinski definition) is 3. The number of hydrogen-bond acceptors (Lipinski definition) is 9. The van der Waals surface area contributed by atoms with Gasteiger partial charge in [-0.15, -0.1) is 18.0 Å². The van der Waals surface area contributed by atoms with Gasteiger partial charge in [0.15, 0.2) is 17.7 Å². The van der Waals surface area contributed by atoms with Crippen LogP contribution in [0.15, 0.2) is 12.7 Å². The summed E-state index contributed by atoms with van der Waals surface area (Å²) in [6.07, 6.45) is 6.70. The van der Waals surface area contributed by atoms with Crippen LogP contribution in [0.25, 0.3) is 11.2 Å². The van der Waals surface area contributed by atoms with Gasteiger partial charge in [-0.1, -0.05) is 5.92 Å². The van der Waals surface area contributed by atoms with Crippen LogP contribution in [0.4, 0.5) is 5.82 Å². The van der Waals surface area contributed by atoms with E-state index in [9.17, 15) is 10.2 Å². The third-order valence-electron chi connectivity index (χ3n) is 4.78. The van der Waals surface area contributed by atoms with Crippen molar-refractivity contribution in [1.82, 2.24) is 19.5 Å². The van der Waals surface area contributed by atoms with Gasteiger partial charge >= 0.3 is 0 Å². The molecule has 0 aromatic carbocycles. The van der Waals surface area contributed by atoms with Crippen molar-refractivity contribution in [2.75, 3.05) is 25.3 Å². The van der Waals surface area contributed by atoms with Gasteiger partial charge < -0.3 is 30.2 Å². The summed E-state index contributed by atoms with van der Waals surface area (Å²) in [5.74, 6) is 2.70. The zero-order valence-electron chi connectivity index (χ0n) is 14.7. The molecule has 146 valence electrons. The van der Waals surface area contributed by atoms with Crippen molar-refractivity contribution in [3.8, 4) is 12.3 Å². The second-order valence-electron chi connectivity index (χ2n) is 6.40. The monoisotopic (exact) mass is 397 g/mol. The highest BCUT2D eigenvalue weighted by molar-refractivity contribution is 6.18. The Morgan fingerprint density at radius 2 is 2.26 bits per heavy atom. The van der Waals surface area contributed by atoms with Crippen molar-refractivity contribution in [2.24, 2.45) is 5.41 Å². The number of aliphatic hydroxyl groups excluding tert-OH is 2. The van der Waals surface area contributed by atoms with Crippen LogP contribution >= 0.6 is 11.6 Å². The Hall–Kier alpha value is -2.00. The maximum Gasteiger partial charge on any atom is 0.269 e. The number of aliphatic hydroxyl groups is 2. The van der Waals surface area contributed by atoms with Gasteiger partial charge in [0.25, 0.3) is 6.48 Å². The highest BCUT2D eigenvalue weighted by atomic mass is 35.5. The normalized spacial score (nSPS) is 31.9. The Morgan fingerprint density at radius 3 is 2.85 bits per heavy atom. The van der Waals surface area contributed by atoms with Crippen molar-refractivity contribution in [3.63, 3.8) is 0 Å². The Morgan fingerprint density at radius 1 is 1.52 bits per heavy atom. The van der Waals surface area contributed by atoms with E-state index in [0.29, 0.717) is 11.2 Å². The lowest BCUT2D eigenvalue weighted by Gasteiger charge is -2.35. The average Bonchev–Trinajstić information content (AvgIpc) is 3.21. The number of alkyl halides is 1. The molecule has 10 nitrogen and oxygen atoms in total. The van der Waals surface area contributed by atoms with E-state index in [1.54, 1.807) is 11.5 Å². The third kappa shape index (κ3) is 2.93. The largest absolute Gasteiger partial charge is 0.393 e. The maximum absolute atomic E-state index is 10.0. The lowest BCUT2D eigenvalue weighted by molar-refractivity contribution is -0.293. The summed E-state index contributed by atoms with van der Waals surface area (Å²) in [4.78, 5) is 12.3. The van der Waals surface area contributed by atoms with Crippen molar-refractivity contribution in [1.29, 1.82) is 0 Å². The zero-order valence-corrected chi connectivity index (χ0v) is 15.5. The van der Waals surface area contributed by atoms with Crippen LogP contribution in [0.1, 0.15) is 13.2 Å². The van der Waals surface area contributed by atoms with Crippen LogP contribution in [-0.4, -0.2) is 67.5 Å². The maximum atomic E-state index is 10.0. The average molecular weight is 398 g/mol. The molecule has 0 aliphatic carbocycles. The Labute approximate surface area is 160 Å². The lowest BCUT2D eigenvalue weighted by Crippen LogP contribution is -2.52. The summed E-state index contributed by atoms with van der Waals surface area (Å²) in [7, 11) is 1.26. The van der Waals surface area contributed by atoms with Crippen LogP contribution in [0.3, 0.4) is 0 Å². The summed E-state index contributed by atoms with van der Waals surface area (Å²) in [5.41, 5.74) is 4.03. The molecule has 1 fully saturated rings. The fraction of sp³-hybridized carbons (Fsp3) is 0.562. The first-order valence-electron chi connectivity index (χ1n) is 7.98. The van der Waals surface area contributed by atoms with Gasteiger partial charge in [0.05, 0.1) is 18.8 Å². The van der Waals surface area contributed by atoms with Crippen molar-refractivity contribution < 1.29 is 24.4 Å². The van der Waals surface area contributed by atoms with Crippen molar-refractivity contribution in [2.45, 2.75) is 31.3 Å². The van der Waals surface area contributed by atoms with E-state index in [1.165, 1.54) is 19.8 Å². The number of fused-ring (bicyclic) bond motifs is 1. The standard InChI is InChI=1S/C16H20ClN5O5/c1-4-15(2)12(26-14(24)25-3)16(5-17,6-23)27-13(15)22-8-21-9-10(18)19-7-20-11(9)22/h1,7-8,12-14,23-24H,5-6H2,2-3H3,(H2,18,19,20)/t12-,13-,14?,15-,16+/m0/s1. The molecule has 0 spiro atoms. The second-order valence-corrected chi connectivity index (χ2v) is 6.66. The predicted molar refractivity (Wildman–Crippen MR) is 95.2 cm³/mol. The van der Waals surface area contributed by atoms with Gasteiger partial charge in [0, 0.05) is 7.11 Å². The smallest absolute Gasteiger partial charge is 0.269 e. The first-order valence-corrected chi connectivity index (χ1v) is 8.52. The Bertz CT molecular complexity index is 866. The van der Waals surface area contributed by atoms with E-state index >= 15 is 0 Å². The molecule has 0 amide bonds. The number of nitrogen functional groups attached to an aromatic ring is 1. The number of rotatable bonds is 6. The number of methoxy groups -OCH3 is 1. The third-order valence-corrected chi connectivity index (χ3v) is 5.23. The summed E-state index contributed by atoms with van der Waals surface area (Å²) >= 11 is 6.11. The minimum Gasteiger partial charge on any atom is -0.393 e. The van der Waals surface area contributed by atoms with E-state index < -0.39 is 36.4 Å². The number of aromatic nitrogens is 4. The molecule has 1 unspecified atom stereocenters. The molecule has 2 aromatic rings. The van der Waals surface area contributed by atoms with Crippen LogP contribution in [0, 0.1) is 17.8 Å². The Balaban J connectivity index is 2.15. The molecule has 11 heteroatoms. The van der Waals surface area contributed by atoms with E-state index in [0.717, 1.165) is 0 Å². The first-order chi connectivity index (χ1) is 12.9. The van der Waals surface area contributed by atoms with Gasteiger partial charge in [-0.3, -0.25) is 4.57 Å². The molecule has 4 N–H and O–H groups in total. The lowest BCUT2D eigenvalue weighted by atomic mass is 9.78. The molecule has 0 bridgehead atoms. The fourth-order valence-electron chi connectivity index (χ4n) is 3.32. The molecule has 1 aliphatic rings. The van der Waals surface area contributed by atoms with E-state index in [-0.39, 0.29) is 11.7 Å². The minimum atomic E-state index is -1.59. The molecular weight excluding hydrogens is 378 g/mol. The van der Waals surface area contributed by atoms with E-state index in [2.05, 4.69) is 20.9 Å². The highest BCUT2D eigenvalue weighted by Crippen LogP contribution is 2.52. The number of ether oxygens (including phenoxy) is 3. The summed E-state index contributed by atoms with van der Waals surface area (Å²) in [6.45, 7) is -0.406. The Kier molecular flexibility index (Phi) is 5.27. The molecule has 0 radical (unpaired) electrons. The molecule has 3 rings (SSSR count). The number of imidazole rings is 1. The van der Waals surface area contributed by atoms with Crippen molar-refractivity contribution in [3.05, 3.63) is 12.7 Å². The highest BCUT2D eigenvalue weighted by Gasteiger charge is 2.63. The molecule has 27 heavy (non-hydrogen) atoms. The van der Waals surface area contributed by atoms with Crippen LogP contribution in [-0.2, 0) is 14.2 Å². The topological polar surface area (TPSA) is 138 Å². The van der Waals surface area contributed by atoms with Crippen LogP contribution in [0.2, 0.25) is 0 Å². The van der Waals surface area contributed by atoms with Crippen LogP contribution in [0.5, 0.6) is 0 Å². The molecule has 0 saturated carbocycles. The molecule has 2 aromatic heterocycles. The predicted octanol–water partition coefficient (Wildman–Crippen LogP) is -0.146. The summed E-state index contributed by atoms with van der Waals surface area (Å²) in [5, 5.41) is 19.9. The van der Waals surface area contributed by atoms with E-state index in [4.69, 9.17) is 38.0 Å². The first kappa shape index (κ1) is 19.8. The number of anilines is 1. The summed E-state index contributed by atoms with van der Waals surface area (Å²) < 4.78 is 18.0. The minimum absolute atomic E-state index is 0.151. The number of nitrogens with zero attached hydrogens (tertiary/aromatic N) is 4. The van der Waals surface area contributed by atoms with Crippen LogP contribution < -0.4 is 5.73 Å². The number of halogens is 1. The van der Waals surface area contributed by atoms with Gasteiger partial charge in [-0.05, 0) is 6.92 Å². The van der Waals surface area contributed by atoms with Gasteiger partial charge in [-0.25, -0.2) is 15.0 Å². The molecule has 1 aliphatic heterocycles. The second kappa shape index (κ2) is 7.20. The summed E-state index contributed by atoms with van der Waals surface area (Å²) in [6, 6.07) is 0. The van der Waals surface area contributed by atoms with Gasteiger partial charge in [0.2, 0.25) is 0 Å². The fourth-order valence-corrected chi connectivity index (χ4v) is 3.61. The van der Waals surface area contributed by atoms with Gasteiger partial charge in [0.1, 0.15) is 29.0 Å². The SMILES string of the molecule is C#C[C@]1(C)[C@@H](n2cnc3c(N)ncnc32)O[C@@](CO)(CCl)[C@H]1OC(O)OC.